The standard InChI is InChI=1S/C67H118N8O27/c1-42(79)18-17-19-53(86)75-28-20-46(21-29-75)63(93)74-67(39-94-33-22-50(83)68-25-11-5-8-14-30-97-64-54(71-43(2)80)60(90)57(87)47(36-76)100-64,40-95-34-23-51(84)69-26-12-6-9-15-31-98-65-55(72-44(3)81)61(91)58(88)48(37-77)101-65)41-96-35-24-52(85)70-27-13-7-10-16-32-99-66-56(73-45(4)82)62(92)59(89)49(38-78)102-66/h46-49,54-62,64-66,76-78,87-92H,5-41H2,1-4H3,(H,68,83)(H,69,84)(H,70,85)(H,71,80)(H,72,81)(H,73,82)(H,74,93). The van der Waals surface area contributed by atoms with E-state index in [9.17, 15) is 89.1 Å². The molecule has 4 heterocycles. The van der Waals surface area contributed by atoms with Gasteiger partial charge in [0.2, 0.25) is 47.3 Å². The van der Waals surface area contributed by atoms with Crippen molar-refractivity contribution >= 4 is 53.0 Å². The fourth-order valence-electron chi connectivity index (χ4n) is 12.1. The third-order valence-electron chi connectivity index (χ3n) is 17.9. The van der Waals surface area contributed by atoms with Crippen LogP contribution in [0.15, 0.2) is 0 Å². The minimum Gasteiger partial charge on any atom is -0.394 e. The van der Waals surface area contributed by atoms with Crippen molar-refractivity contribution in [3.8, 4) is 0 Å². The molecule has 0 saturated carbocycles. The van der Waals surface area contributed by atoms with E-state index in [0.29, 0.717) is 129 Å². The number of carbonyl (C=O) groups excluding carboxylic acids is 9. The number of ether oxygens (including phenoxy) is 9. The molecule has 0 spiro atoms. The Morgan fingerprint density at radius 2 is 0.735 bits per heavy atom. The van der Waals surface area contributed by atoms with E-state index in [0.717, 1.165) is 0 Å². The number of rotatable bonds is 51. The molecule has 4 aliphatic rings. The number of Topliss-reactive ketones (excluding diaryl/α,β-unsaturated/α-hetero) is 1. The van der Waals surface area contributed by atoms with E-state index in [1.165, 1.54) is 27.7 Å². The number of carbonyl (C=O) groups is 9. The second kappa shape index (κ2) is 49.5. The van der Waals surface area contributed by atoms with E-state index < -0.39 is 141 Å². The zero-order valence-corrected chi connectivity index (χ0v) is 59.7. The zero-order chi connectivity index (χ0) is 75.0. The fraction of sp³-hybridized carbons (Fsp3) is 0.866. The van der Waals surface area contributed by atoms with Crippen LogP contribution < -0.4 is 37.2 Å². The highest BCUT2D eigenvalue weighted by molar-refractivity contribution is 5.82. The van der Waals surface area contributed by atoms with Crippen molar-refractivity contribution in [3.63, 3.8) is 0 Å². The third-order valence-corrected chi connectivity index (χ3v) is 17.9. The summed E-state index contributed by atoms with van der Waals surface area (Å²) in [7, 11) is 0. The van der Waals surface area contributed by atoms with Crippen molar-refractivity contribution in [1.29, 1.82) is 0 Å². The van der Waals surface area contributed by atoms with E-state index >= 15 is 0 Å². The molecule has 0 aliphatic carbocycles. The first-order valence-corrected chi connectivity index (χ1v) is 36.0. The summed E-state index contributed by atoms with van der Waals surface area (Å²) >= 11 is 0. The number of piperidine rings is 1. The molecule has 0 aromatic rings. The maximum Gasteiger partial charge on any atom is 0.223 e. The molecule has 102 heavy (non-hydrogen) atoms. The summed E-state index contributed by atoms with van der Waals surface area (Å²) in [5, 5.41) is 111. The molecule has 4 rings (SSSR count). The Labute approximate surface area is 596 Å². The van der Waals surface area contributed by atoms with Crippen LogP contribution in [-0.4, -0.2) is 313 Å². The minimum absolute atomic E-state index is 0.0157. The van der Waals surface area contributed by atoms with Gasteiger partial charge in [-0.1, -0.05) is 38.5 Å². The van der Waals surface area contributed by atoms with Crippen molar-refractivity contribution in [3.05, 3.63) is 0 Å². The SMILES string of the molecule is CC(=O)CCCC(=O)N1CCC(C(=O)NC(COCCC(=O)NCCCCCCOC2OC(CO)C(O)C(O)C2NC(C)=O)(COCCC(=O)NCCCCCCOC2OC(CO)C(O)C(O)C2NC(C)=O)COCCC(=O)NCCCCCCOC2OC(CO)C(O)C(O)C2NC(C)=O)CC1. The fourth-order valence-corrected chi connectivity index (χ4v) is 12.1. The van der Waals surface area contributed by atoms with Crippen LogP contribution in [0.5, 0.6) is 0 Å². The van der Waals surface area contributed by atoms with Crippen molar-refractivity contribution in [2.24, 2.45) is 5.92 Å². The molecule has 4 saturated heterocycles. The van der Waals surface area contributed by atoms with Gasteiger partial charge in [-0.05, 0) is 64.7 Å². The van der Waals surface area contributed by atoms with E-state index in [1.54, 1.807) is 4.90 Å². The van der Waals surface area contributed by atoms with Gasteiger partial charge in [-0.2, -0.15) is 0 Å². The van der Waals surface area contributed by atoms with Crippen LogP contribution in [0, 0.1) is 5.92 Å². The first-order chi connectivity index (χ1) is 48.8. The lowest BCUT2D eigenvalue weighted by atomic mass is 9.93. The first kappa shape index (κ1) is 89.1. The number of nitrogens with zero attached hydrogens (tertiary/aromatic N) is 1. The predicted octanol–water partition coefficient (Wildman–Crippen LogP) is -4.03. The highest BCUT2D eigenvalue weighted by Crippen LogP contribution is 2.27. The Balaban J connectivity index is 1.32. The topological polar surface area (TPSA) is 506 Å². The molecule has 4 fully saturated rings. The lowest BCUT2D eigenvalue weighted by Gasteiger charge is -2.42. The number of unbranched alkanes of at least 4 members (excludes halogenated alkanes) is 9. The van der Waals surface area contributed by atoms with Gasteiger partial charge in [0, 0.05) is 111 Å². The second-order valence-electron chi connectivity index (χ2n) is 26.6. The summed E-state index contributed by atoms with van der Waals surface area (Å²) in [5.41, 5.74) is -1.43. The summed E-state index contributed by atoms with van der Waals surface area (Å²) in [6.45, 7) is 4.70. The first-order valence-electron chi connectivity index (χ1n) is 36.0. The molecule has 0 bridgehead atoms. The molecular formula is C67H118N8O27. The van der Waals surface area contributed by atoms with Crippen molar-refractivity contribution in [2.45, 2.75) is 254 Å². The van der Waals surface area contributed by atoms with Gasteiger partial charge in [-0.15, -0.1) is 0 Å². The molecule has 35 nitrogen and oxygen atoms in total. The molecule has 16 N–H and O–H groups in total. The Bertz CT molecular complexity index is 2280. The maximum absolute atomic E-state index is 14.4. The highest BCUT2D eigenvalue weighted by Gasteiger charge is 2.48. The lowest BCUT2D eigenvalue weighted by molar-refractivity contribution is -0.270. The molecule has 15 atom stereocenters. The van der Waals surface area contributed by atoms with Crippen LogP contribution in [0.1, 0.15) is 156 Å². The van der Waals surface area contributed by atoms with Gasteiger partial charge in [0.1, 0.15) is 84.4 Å². The lowest BCUT2D eigenvalue weighted by Crippen LogP contribution is -2.64. The smallest absolute Gasteiger partial charge is 0.223 e. The van der Waals surface area contributed by atoms with Crippen LogP contribution >= 0.6 is 0 Å². The van der Waals surface area contributed by atoms with E-state index in [-0.39, 0.29) is 127 Å². The van der Waals surface area contributed by atoms with Crippen LogP contribution in [0.25, 0.3) is 0 Å². The summed E-state index contributed by atoms with van der Waals surface area (Å²) in [6.07, 6.45) is -6.21. The molecule has 588 valence electrons. The second-order valence-corrected chi connectivity index (χ2v) is 26.6. The monoisotopic (exact) mass is 1470 g/mol. The molecule has 4 aliphatic heterocycles. The van der Waals surface area contributed by atoms with Crippen LogP contribution in [0.2, 0.25) is 0 Å². The van der Waals surface area contributed by atoms with E-state index in [4.69, 9.17) is 42.6 Å². The van der Waals surface area contributed by atoms with Gasteiger partial charge < -0.3 is 136 Å². The van der Waals surface area contributed by atoms with Crippen molar-refractivity contribution in [1.82, 2.24) is 42.1 Å². The number of amides is 8. The summed E-state index contributed by atoms with van der Waals surface area (Å²) < 4.78 is 52.7. The average molecular weight is 1470 g/mol. The third kappa shape index (κ3) is 33.0. The number of likely N-dealkylation sites (tertiary alicyclic amines) is 1. The van der Waals surface area contributed by atoms with Crippen LogP contribution in [0.3, 0.4) is 0 Å². The summed E-state index contributed by atoms with van der Waals surface area (Å²) in [6, 6.07) is -3.17. The highest BCUT2D eigenvalue weighted by atomic mass is 16.7. The summed E-state index contributed by atoms with van der Waals surface area (Å²) in [4.78, 5) is 115. The molecule has 0 aromatic carbocycles. The Kier molecular flexibility index (Phi) is 43.2. The normalized spacial score (nSPS) is 26.6. The molecule has 35 heteroatoms. The zero-order valence-electron chi connectivity index (χ0n) is 59.7. The van der Waals surface area contributed by atoms with Gasteiger partial charge in [0.25, 0.3) is 0 Å². The Morgan fingerprint density at radius 3 is 1.04 bits per heavy atom. The number of nitrogens with one attached hydrogen (secondary N) is 7. The number of ketones is 1. The van der Waals surface area contributed by atoms with Gasteiger partial charge >= 0.3 is 0 Å². The van der Waals surface area contributed by atoms with Gasteiger partial charge in [-0.25, -0.2) is 0 Å². The van der Waals surface area contributed by atoms with Gasteiger partial charge in [0.15, 0.2) is 18.9 Å². The van der Waals surface area contributed by atoms with Crippen molar-refractivity contribution in [2.75, 3.05) is 112 Å². The van der Waals surface area contributed by atoms with Crippen LogP contribution in [-0.2, 0) is 85.8 Å². The molecule has 15 unspecified atom stereocenters. The van der Waals surface area contributed by atoms with E-state index in [1.807, 2.05) is 0 Å². The summed E-state index contributed by atoms with van der Waals surface area (Å²) in [5.74, 6) is -3.40. The quantitative estimate of drug-likeness (QED) is 0.0258. The molecular weight excluding hydrogens is 1350 g/mol. The number of aliphatic hydroxyl groups is 9. The number of hydrogen-bond donors (Lipinski definition) is 16. The van der Waals surface area contributed by atoms with Gasteiger partial charge in [-0.3, -0.25) is 38.4 Å². The number of hydrogen-bond acceptors (Lipinski definition) is 27. The largest absolute Gasteiger partial charge is 0.394 e. The Hall–Kier alpha value is -5.29. The maximum atomic E-state index is 14.4. The molecule has 0 radical (unpaired) electrons. The minimum atomic E-state index is -1.44. The predicted molar refractivity (Wildman–Crippen MR) is 359 cm³/mol. The van der Waals surface area contributed by atoms with Crippen molar-refractivity contribution < 1.29 is 132 Å². The molecule has 0 aromatic heterocycles. The number of aliphatic hydroxyl groups excluding tert-OH is 9. The molecule has 8 amide bonds. The Morgan fingerprint density at radius 1 is 0.412 bits per heavy atom. The van der Waals surface area contributed by atoms with Gasteiger partial charge in [0.05, 0.1) is 59.5 Å². The van der Waals surface area contributed by atoms with Crippen LogP contribution in [0.4, 0.5) is 0 Å². The van der Waals surface area contributed by atoms with E-state index in [2.05, 4.69) is 37.2 Å². The average Bonchev–Trinajstić information content (AvgIpc) is 0.826.